The Morgan fingerprint density at radius 2 is 2.35 bits per heavy atom. The lowest BCUT2D eigenvalue weighted by Gasteiger charge is -2.16. The van der Waals surface area contributed by atoms with Gasteiger partial charge in [0.2, 0.25) is 11.7 Å². The monoisotopic (exact) mass is 249 g/mol. The van der Waals surface area contributed by atoms with E-state index in [0.29, 0.717) is 18.1 Å². The molecule has 2 aromatic heterocycles. The molecule has 1 unspecified atom stereocenters. The minimum atomic E-state index is -0.196. The van der Waals surface area contributed by atoms with E-state index in [0.717, 1.165) is 24.1 Å². The molecular weight excluding hydrogens is 238 g/mol. The second kappa shape index (κ2) is 4.37. The molecule has 0 spiro atoms. The predicted octanol–water partition coefficient (Wildman–Crippen LogP) is 2.42. The largest absolute Gasteiger partial charge is 0.338 e. The van der Waals surface area contributed by atoms with Crippen molar-refractivity contribution in [2.45, 2.75) is 31.6 Å². The topological polar surface area (TPSA) is 68.9 Å². The van der Waals surface area contributed by atoms with Crippen LogP contribution in [0.3, 0.4) is 0 Å². The van der Waals surface area contributed by atoms with E-state index in [4.69, 9.17) is 4.52 Å². The van der Waals surface area contributed by atoms with Crippen LogP contribution in [-0.2, 0) is 4.79 Å². The molecule has 1 aliphatic carbocycles. The van der Waals surface area contributed by atoms with Gasteiger partial charge in [0, 0.05) is 12.6 Å². The Labute approximate surface area is 102 Å². The van der Waals surface area contributed by atoms with Crippen LogP contribution >= 0.6 is 11.3 Å². The highest BCUT2D eigenvalue weighted by atomic mass is 32.1. The molecule has 2 heterocycles. The number of carbonyl (C=O) groups excluding carboxylic acids is 1. The summed E-state index contributed by atoms with van der Waals surface area (Å²) in [6.45, 7) is 0. The smallest absolute Gasteiger partial charge is 0.237 e. The maximum absolute atomic E-state index is 11.8. The van der Waals surface area contributed by atoms with Crippen molar-refractivity contribution in [1.82, 2.24) is 15.1 Å². The number of aromatic nitrogens is 3. The van der Waals surface area contributed by atoms with Crippen molar-refractivity contribution in [3.63, 3.8) is 0 Å². The van der Waals surface area contributed by atoms with Gasteiger partial charge in [0.25, 0.3) is 0 Å². The molecule has 1 saturated carbocycles. The zero-order valence-electron chi connectivity index (χ0n) is 9.13. The average Bonchev–Trinajstić information content (AvgIpc) is 3.00. The van der Waals surface area contributed by atoms with Gasteiger partial charge < -0.3 is 4.52 Å². The molecule has 0 aliphatic heterocycles. The van der Waals surface area contributed by atoms with Crippen LogP contribution in [-0.4, -0.2) is 20.9 Å². The lowest BCUT2D eigenvalue weighted by Crippen LogP contribution is -2.17. The number of carbonyl (C=O) groups is 1. The maximum atomic E-state index is 11.8. The third-order valence-corrected chi connectivity index (χ3v) is 3.72. The molecule has 1 atom stereocenters. The summed E-state index contributed by atoms with van der Waals surface area (Å²) in [5, 5.41) is 3.90. The lowest BCUT2D eigenvalue weighted by atomic mass is 9.88. The van der Waals surface area contributed by atoms with E-state index < -0.39 is 0 Å². The fourth-order valence-electron chi connectivity index (χ4n) is 2.05. The minimum absolute atomic E-state index is 0.196. The van der Waals surface area contributed by atoms with Crippen molar-refractivity contribution in [3.05, 3.63) is 17.6 Å². The third-order valence-electron chi connectivity index (χ3n) is 2.95. The normalized spacial score (nSPS) is 20.7. The van der Waals surface area contributed by atoms with E-state index in [-0.39, 0.29) is 11.7 Å². The number of Topliss-reactive ketones (excluding diaryl/α,β-unsaturated/α-hetero) is 1. The lowest BCUT2D eigenvalue weighted by molar-refractivity contribution is -0.122. The summed E-state index contributed by atoms with van der Waals surface area (Å²) < 4.78 is 5.20. The molecular formula is C11H11N3O2S. The molecule has 2 aromatic rings. The first kappa shape index (κ1) is 10.6. The molecule has 6 heteroatoms. The number of rotatable bonds is 2. The van der Waals surface area contributed by atoms with E-state index in [1.165, 1.54) is 11.3 Å². The molecule has 0 N–H and O–H groups in total. The Kier molecular flexibility index (Phi) is 2.72. The number of nitrogens with zero attached hydrogens (tertiary/aromatic N) is 3. The fourth-order valence-corrected chi connectivity index (χ4v) is 2.59. The van der Waals surface area contributed by atoms with Gasteiger partial charge in [0.15, 0.2) is 0 Å². The van der Waals surface area contributed by atoms with Gasteiger partial charge in [0.1, 0.15) is 5.78 Å². The van der Waals surface area contributed by atoms with Crippen LogP contribution in [0.4, 0.5) is 0 Å². The van der Waals surface area contributed by atoms with Crippen LogP contribution in [0.15, 0.2) is 16.2 Å². The molecule has 17 heavy (non-hydrogen) atoms. The molecule has 1 aliphatic rings. The molecule has 3 rings (SSSR count). The number of hydrogen-bond acceptors (Lipinski definition) is 6. The number of thiazole rings is 1. The summed E-state index contributed by atoms with van der Waals surface area (Å²) in [6.07, 6.45) is 5.17. The molecule has 88 valence electrons. The van der Waals surface area contributed by atoms with Gasteiger partial charge in [-0.25, -0.2) is 0 Å². The Morgan fingerprint density at radius 3 is 3.12 bits per heavy atom. The average molecular weight is 249 g/mol. The van der Waals surface area contributed by atoms with Crippen LogP contribution < -0.4 is 0 Å². The summed E-state index contributed by atoms with van der Waals surface area (Å²) in [5.74, 6) is 1.01. The molecule has 0 aromatic carbocycles. The van der Waals surface area contributed by atoms with Crippen molar-refractivity contribution in [2.75, 3.05) is 0 Å². The first-order valence-electron chi connectivity index (χ1n) is 5.60. The summed E-state index contributed by atoms with van der Waals surface area (Å²) >= 11 is 1.46. The highest BCUT2D eigenvalue weighted by molar-refractivity contribution is 7.13. The molecule has 0 bridgehead atoms. The van der Waals surface area contributed by atoms with E-state index >= 15 is 0 Å². The van der Waals surface area contributed by atoms with Gasteiger partial charge >= 0.3 is 0 Å². The van der Waals surface area contributed by atoms with E-state index in [2.05, 4.69) is 15.1 Å². The van der Waals surface area contributed by atoms with E-state index in [9.17, 15) is 4.79 Å². The standard InChI is InChI=1S/C11H11N3O2S/c15-8-4-2-1-3-7(8)11-13-10(14-16-11)9-5-12-6-17-9/h5-7H,1-4H2. The van der Waals surface area contributed by atoms with Gasteiger partial charge in [-0.3, -0.25) is 9.78 Å². The Balaban J connectivity index is 1.87. The number of ketones is 1. The highest BCUT2D eigenvalue weighted by Crippen LogP contribution is 2.30. The Bertz CT molecular complexity index is 521. The molecule has 5 nitrogen and oxygen atoms in total. The summed E-state index contributed by atoms with van der Waals surface area (Å²) in [5.41, 5.74) is 1.72. The van der Waals surface area contributed by atoms with Crippen LogP contribution in [0.2, 0.25) is 0 Å². The Hall–Kier alpha value is -1.56. The fraction of sp³-hybridized carbons (Fsp3) is 0.455. The van der Waals surface area contributed by atoms with Gasteiger partial charge in [-0.05, 0) is 12.8 Å². The zero-order valence-corrected chi connectivity index (χ0v) is 9.94. The van der Waals surface area contributed by atoms with Crippen LogP contribution in [0.5, 0.6) is 0 Å². The second-order valence-corrected chi connectivity index (χ2v) is 4.97. The first-order valence-corrected chi connectivity index (χ1v) is 6.48. The van der Waals surface area contributed by atoms with Crippen molar-refractivity contribution in [2.24, 2.45) is 0 Å². The zero-order chi connectivity index (χ0) is 11.7. The van der Waals surface area contributed by atoms with E-state index in [1.807, 2.05) is 0 Å². The summed E-state index contributed by atoms with van der Waals surface area (Å²) in [7, 11) is 0. The van der Waals surface area contributed by atoms with Crippen molar-refractivity contribution < 1.29 is 9.32 Å². The van der Waals surface area contributed by atoms with E-state index in [1.54, 1.807) is 11.7 Å². The third kappa shape index (κ3) is 2.00. The summed E-state index contributed by atoms with van der Waals surface area (Å²) in [6, 6.07) is 0. The summed E-state index contributed by atoms with van der Waals surface area (Å²) in [4.78, 5) is 20.9. The Morgan fingerprint density at radius 1 is 1.41 bits per heavy atom. The van der Waals surface area contributed by atoms with Crippen LogP contribution in [0, 0.1) is 0 Å². The molecule has 1 fully saturated rings. The number of hydrogen-bond donors (Lipinski definition) is 0. The van der Waals surface area contributed by atoms with Gasteiger partial charge in [-0.2, -0.15) is 4.98 Å². The van der Waals surface area contributed by atoms with Crippen molar-refractivity contribution >= 4 is 17.1 Å². The molecule has 0 amide bonds. The minimum Gasteiger partial charge on any atom is -0.338 e. The van der Waals surface area contributed by atoms with Crippen molar-refractivity contribution in [1.29, 1.82) is 0 Å². The first-order chi connectivity index (χ1) is 8.34. The van der Waals surface area contributed by atoms with Crippen molar-refractivity contribution in [3.8, 4) is 10.7 Å². The van der Waals surface area contributed by atoms with Crippen LogP contribution in [0.1, 0.15) is 37.5 Å². The van der Waals surface area contributed by atoms with Gasteiger partial charge in [-0.1, -0.05) is 11.6 Å². The highest BCUT2D eigenvalue weighted by Gasteiger charge is 2.29. The molecule has 0 radical (unpaired) electrons. The maximum Gasteiger partial charge on any atom is 0.237 e. The molecule has 0 saturated heterocycles. The van der Waals surface area contributed by atoms with Crippen LogP contribution in [0.25, 0.3) is 10.7 Å². The quantitative estimate of drug-likeness (QED) is 0.817. The van der Waals surface area contributed by atoms with Gasteiger partial charge in [0.05, 0.1) is 16.3 Å². The van der Waals surface area contributed by atoms with Gasteiger partial charge in [-0.15, -0.1) is 11.3 Å². The second-order valence-electron chi connectivity index (χ2n) is 4.09. The SMILES string of the molecule is O=C1CCCCC1c1nc(-c2cncs2)no1. The predicted molar refractivity (Wildman–Crippen MR) is 61.6 cm³/mol.